The van der Waals surface area contributed by atoms with Gasteiger partial charge in [-0.1, -0.05) is 22.4 Å². The number of carbonyl (C=O) groups is 2. The lowest BCUT2D eigenvalue weighted by Gasteiger charge is -2.06. The summed E-state index contributed by atoms with van der Waals surface area (Å²) in [6.07, 6.45) is -0.182. The Morgan fingerprint density at radius 1 is 1.55 bits per heavy atom. The van der Waals surface area contributed by atoms with Crippen molar-refractivity contribution in [3.63, 3.8) is 0 Å². The van der Waals surface area contributed by atoms with Crippen LogP contribution >= 0.6 is 33.7 Å². The van der Waals surface area contributed by atoms with Crippen molar-refractivity contribution in [2.75, 3.05) is 12.3 Å². The van der Waals surface area contributed by atoms with Crippen LogP contribution < -0.4 is 5.73 Å². The topological polar surface area (TPSA) is 102 Å². The van der Waals surface area contributed by atoms with E-state index in [1.807, 2.05) is 28.4 Å². The Morgan fingerprint density at radius 2 is 2.20 bits per heavy atom. The van der Waals surface area contributed by atoms with Crippen molar-refractivity contribution in [2.45, 2.75) is 20.2 Å². The highest BCUT2D eigenvalue weighted by Crippen LogP contribution is 2.31. The molecular weight excluding hydrogens is 394 g/mol. The highest BCUT2D eigenvalue weighted by Gasteiger charge is 2.25. The maximum Gasteiger partial charge on any atom is 0.428 e. The van der Waals surface area contributed by atoms with Gasteiger partial charge in [-0.15, -0.1) is 11.3 Å². The normalized spacial score (nSPS) is 9.70. The Kier molecular flexibility index (Phi) is 6.29. The molecule has 2 N–H and O–H groups in total. The average Bonchev–Trinajstić information content (AvgIpc) is 2.64. The standard InChI is InChI=1S/C11H12BIN2O4S/c1-3-18-11(17)9-6(4-8(16)19-12(2)13)7(5-14)10(15)20-9/h3-4,15H2,1-2H3. The number of esters is 1. The molecule has 0 aliphatic rings. The first-order chi connectivity index (χ1) is 9.40. The number of nitrogens with two attached hydrogens (primary N) is 1. The molecule has 1 heterocycles. The van der Waals surface area contributed by atoms with Crippen LogP contribution in [0.3, 0.4) is 0 Å². The van der Waals surface area contributed by atoms with E-state index in [4.69, 9.17) is 20.4 Å². The second-order valence-corrected chi connectivity index (χ2v) is 6.50. The molecule has 0 aliphatic carbocycles. The van der Waals surface area contributed by atoms with E-state index in [2.05, 4.69) is 0 Å². The molecule has 0 amide bonds. The van der Waals surface area contributed by atoms with Gasteiger partial charge in [-0.3, -0.25) is 4.79 Å². The molecule has 0 aliphatic heterocycles. The zero-order valence-electron chi connectivity index (χ0n) is 10.9. The predicted octanol–water partition coefficient (Wildman–Crippen LogP) is 2.02. The molecule has 9 heteroatoms. The number of rotatable bonds is 5. The van der Waals surface area contributed by atoms with Crippen LogP contribution in [0.2, 0.25) is 6.82 Å². The molecule has 0 spiro atoms. The van der Waals surface area contributed by atoms with Gasteiger partial charge < -0.3 is 15.1 Å². The van der Waals surface area contributed by atoms with Gasteiger partial charge in [0.25, 0.3) is 5.97 Å². The fourth-order valence-corrected chi connectivity index (χ4v) is 2.72. The van der Waals surface area contributed by atoms with Gasteiger partial charge in [0.05, 0.1) is 18.6 Å². The number of nitriles is 1. The van der Waals surface area contributed by atoms with Crippen LogP contribution in [0, 0.1) is 11.3 Å². The van der Waals surface area contributed by atoms with Crippen LogP contribution in [0.15, 0.2) is 0 Å². The van der Waals surface area contributed by atoms with Crippen LogP contribution in [0.5, 0.6) is 0 Å². The summed E-state index contributed by atoms with van der Waals surface area (Å²) in [6.45, 7) is 3.58. The molecule has 1 rings (SSSR count). The summed E-state index contributed by atoms with van der Waals surface area (Å²) in [7, 11) is 0. The number of ether oxygens (including phenoxy) is 1. The first-order valence-electron chi connectivity index (χ1n) is 5.72. The van der Waals surface area contributed by atoms with Gasteiger partial charge in [-0.25, -0.2) is 4.79 Å². The van der Waals surface area contributed by atoms with Gasteiger partial charge in [0.2, 0.25) is 0 Å². The minimum Gasteiger partial charge on any atom is -0.525 e. The van der Waals surface area contributed by atoms with Crippen molar-refractivity contribution in [3.05, 3.63) is 16.0 Å². The summed E-state index contributed by atoms with van der Waals surface area (Å²) in [5.41, 5.74) is 6.11. The van der Waals surface area contributed by atoms with Crippen molar-refractivity contribution in [2.24, 2.45) is 0 Å². The zero-order valence-corrected chi connectivity index (χ0v) is 13.9. The molecule has 0 atom stereocenters. The van der Waals surface area contributed by atoms with E-state index < -0.39 is 11.9 Å². The Labute approximate surface area is 134 Å². The summed E-state index contributed by atoms with van der Waals surface area (Å²) in [4.78, 5) is 23.7. The number of carbonyl (C=O) groups excluding carboxylic acids is 2. The smallest absolute Gasteiger partial charge is 0.428 e. The zero-order chi connectivity index (χ0) is 15.3. The molecule has 0 saturated carbocycles. The van der Waals surface area contributed by atoms with E-state index >= 15 is 0 Å². The molecule has 6 nitrogen and oxygen atoms in total. The van der Waals surface area contributed by atoms with Gasteiger partial charge in [-0.2, -0.15) is 5.26 Å². The number of nitrogen functional groups attached to an aromatic ring is 1. The third kappa shape index (κ3) is 4.11. The maximum atomic E-state index is 11.8. The quantitative estimate of drug-likeness (QED) is 0.456. The van der Waals surface area contributed by atoms with E-state index in [0.29, 0.717) is 0 Å². The SMILES string of the molecule is CCOC(=O)c1sc(N)c(C#N)c1CC(=O)OB(C)I. The second kappa shape index (κ2) is 7.49. The van der Waals surface area contributed by atoms with Crippen molar-refractivity contribution in [1.82, 2.24) is 0 Å². The van der Waals surface area contributed by atoms with Crippen LogP contribution in [0.1, 0.15) is 27.7 Å². The molecule has 20 heavy (non-hydrogen) atoms. The minimum absolute atomic E-state index is 0.135. The third-order valence-corrected chi connectivity index (χ3v) is 3.52. The lowest BCUT2D eigenvalue weighted by atomic mass is 10.1. The van der Waals surface area contributed by atoms with E-state index in [1.54, 1.807) is 13.7 Å². The molecule has 0 aromatic carbocycles. The third-order valence-electron chi connectivity index (χ3n) is 2.22. The molecule has 0 bridgehead atoms. The first-order valence-corrected chi connectivity index (χ1v) is 7.78. The van der Waals surface area contributed by atoms with Gasteiger partial charge >= 0.3 is 10.7 Å². The molecular formula is C11H12BIN2O4S. The number of nitrogens with zero attached hydrogens (tertiary/aromatic N) is 1. The monoisotopic (exact) mass is 406 g/mol. The van der Waals surface area contributed by atoms with Gasteiger partial charge in [0, 0.05) is 5.56 Å². The summed E-state index contributed by atoms with van der Waals surface area (Å²) >= 11 is 2.88. The first kappa shape index (κ1) is 16.8. The molecule has 0 unspecified atom stereocenters. The second-order valence-electron chi connectivity index (χ2n) is 3.69. The molecule has 0 saturated heterocycles. The Bertz CT molecular complexity index is 568. The van der Waals surface area contributed by atoms with Crippen LogP contribution in [0.4, 0.5) is 5.00 Å². The Balaban J connectivity index is 3.12. The largest absolute Gasteiger partial charge is 0.525 e. The van der Waals surface area contributed by atoms with Crippen molar-refractivity contribution < 1.29 is 19.0 Å². The molecule has 1 aromatic rings. The van der Waals surface area contributed by atoms with Gasteiger partial charge in [0.15, 0.2) is 0 Å². The number of thiophene rings is 1. The van der Waals surface area contributed by atoms with Gasteiger partial charge in [0.1, 0.15) is 15.9 Å². The highest BCUT2D eigenvalue weighted by molar-refractivity contribution is 14.1. The molecule has 1 aromatic heterocycles. The number of hydrogen-bond acceptors (Lipinski definition) is 7. The predicted molar refractivity (Wildman–Crippen MR) is 84.8 cm³/mol. The average molecular weight is 406 g/mol. The number of halogens is 1. The Morgan fingerprint density at radius 3 is 2.70 bits per heavy atom. The summed E-state index contributed by atoms with van der Waals surface area (Å²) in [5.74, 6) is -1.11. The van der Waals surface area contributed by atoms with Gasteiger partial charge in [-0.05, 0) is 13.7 Å². The maximum absolute atomic E-state index is 11.8. The lowest BCUT2D eigenvalue weighted by Crippen LogP contribution is -2.16. The number of anilines is 1. The molecule has 106 valence electrons. The van der Waals surface area contributed by atoms with Crippen molar-refractivity contribution in [3.8, 4) is 6.07 Å². The van der Waals surface area contributed by atoms with Crippen molar-refractivity contribution in [1.29, 1.82) is 5.26 Å². The molecule has 0 fully saturated rings. The summed E-state index contributed by atoms with van der Waals surface area (Å²) in [5, 5.41) is 9.29. The summed E-state index contributed by atoms with van der Waals surface area (Å²) in [6, 6.07) is 1.91. The summed E-state index contributed by atoms with van der Waals surface area (Å²) < 4.78 is 9.61. The van der Waals surface area contributed by atoms with Crippen LogP contribution in [-0.2, 0) is 20.6 Å². The van der Waals surface area contributed by atoms with E-state index in [0.717, 1.165) is 11.3 Å². The highest BCUT2D eigenvalue weighted by atomic mass is 127. The fraction of sp³-hybridized carbons (Fsp3) is 0.364. The lowest BCUT2D eigenvalue weighted by molar-refractivity contribution is -0.133. The van der Waals surface area contributed by atoms with E-state index in [9.17, 15) is 9.59 Å². The molecule has 0 radical (unpaired) electrons. The van der Waals surface area contributed by atoms with Crippen LogP contribution in [0.25, 0.3) is 0 Å². The minimum atomic E-state index is -0.587. The van der Waals surface area contributed by atoms with E-state index in [-0.39, 0.29) is 38.8 Å². The number of hydrogen-bond donors (Lipinski definition) is 1. The Hall–Kier alpha value is -1.28. The fourth-order valence-electron chi connectivity index (χ4n) is 1.50. The van der Waals surface area contributed by atoms with Crippen LogP contribution in [-0.4, -0.2) is 23.3 Å². The van der Waals surface area contributed by atoms with E-state index in [1.165, 1.54) is 0 Å². The van der Waals surface area contributed by atoms with Crippen molar-refractivity contribution >= 4 is 55.4 Å².